The zero-order valence-electron chi connectivity index (χ0n) is 10.5. The number of morpholine rings is 1. The van der Waals surface area contributed by atoms with Crippen molar-refractivity contribution in [2.45, 2.75) is 25.5 Å². The molecule has 19 heavy (non-hydrogen) atoms. The Kier molecular flexibility index (Phi) is 4.46. The summed E-state index contributed by atoms with van der Waals surface area (Å²) in [7, 11) is 0. The van der Waals surface area contributed by atoms with Gasteiger partial charge in [-0.05, 0) is 18.1 Å². The van der Waals surface area contributed by atoms with Crippen LogP contribution in [0.25, 0.3) is 0 Å². The number of carbonyl (C=O) groups is 2. The number of amides is 1. The maximum absolute atomic E-state index is 12.1. The topological polar surface area (TPSA) is 79.7 Å². The highest BCUT2D eigenvalue weighted by molar-refractivity contribution is 5.82. The lowest BCUT2D eigenvalue weighted by Gasteiger charge is -2.32. The largest absolute Gasteiger partial charge is 0.481 e. The number of hydrogen-bond donors (Lipinski definition) is 1. The molecule has 0 aliphatic carbocycles. The molecule has 0 aromatic carbocycles. The standard InChI is InChI=1S/C13H16N2O4/c16-12(17)4-3-11-13(18)15(6-7-19-11)9-10-2-1-5-14-8-10/h1-2,5,8,11H,3-4,6-7,9H2,(H,16,17). The van der Waals surface area contributed by atoms with Gasteiger partial charge in [-0.1, -0.05) is 6.07 Å². The van der Waals surface area contributed by atoms with Crippen molar-refractivity contribution in [2.75, 3.05) is 13.2 Å². The molecule has 0 bridgehead atoms. The predicted molar refractivity (Wildman–Crippen MR) is 66.3 cm³/mol. The van der Waals surface area contributed by atoms with Crippen molar-refractivity contribution in [3.05, 3.63) is 30.1 Å². The van der Waals surface area contributed by atoms with Crippen LogP contribution >= 0.6 is 0 Å². The SMILES string of the molecule is O=C(O)CCC1OCCN(Cc2cccnc2)C1=O. The molecule has 102 valence electrons. The summed E-state index contributed by atoms with van der Waals surface area (Å²) < 4.78 is 5.34. The molecule has 1 unspecified atom stereocenters. The van der Waals surface area contributed by atoms with E-state index in [1.54, 1.807) is 17.3 Å². The van der Waals surface area contributed by atoms with E-state index in [0.717, 1.165) is 5.56 Å². The molecular formula is C13H16N2O4. The van der Waals surface area contributed by atoms with Crippen molar-refractivity contribution in [3.63, 3.8) is 0 Å². The predicted octanol–water partition coefficient (Wildman–Crippen LogP) is 0.674. The van der Waals surface area contributed by atoms with E-state index in [0.29, 0.717) is 19.7 Å². The molecule has 6 heteroatoms. The summed E-state index contributed by atoms with van der Waals surface area (Å²) in [6.45, 7) is 1.45. The van der Waals surface area contributed by atoms with Gasteiger partial charge in [0.1, 0.15) is 6.10 Å². The second-order valence-electron chi connectivity index (χ2n) is 4.41. The molecule has 6 nitrogen and oxygen atoms in total. The van der Waals surface area contributed by atoms with Gasteiger partial charge in [0, 0.05) is 31.9 Å². The first-order chi connectivity index (χ1) is 9.16. The lowest BCUT2D eigenvalue weighted by Crippen LogP contribution is -2.47. The summed E-state index contributed by atoms with van der Waals surface area (Å²) >= 11 is 0. The third-order valence-corrected chi connectivity index (χ3v) is 2.98. The Hall–Kier alpha value is -1.95. The number of nitrogens with zero attached hydrogens (tertiary/aromatic N) is 2. The second-order valence-corrected chi connectivity index (χ2v) is 4.41. The van der Waals surface area contributed by atoms with E-state index >= 15 is 0 Å². The van der Waals surface area contributed by atoms with E-state index in [2.05, 4.69) is 4.98 Å². The van der Waals surface area contributed by atoms with Gasteiger partial charge in [-0.15, -0.1) is 0 Å². The van der Waals surface area contributed by atoms with Crippen molar-refractivity contribution in [3.8, 4) is 0 Å². The molecule has 1 amide bonds. The van der Waals surface area contributed by atoms with Gasteiger partial charge >= 0.3 is 5.97 Å². The van der Waals surface area contributed by atoms with E-state index in [1.165, 1.54) is 0 Å². The Morgan fingerprint density at radius 1 is 1.58 bits per heavy atom. The van der Waals surface area contributed by atoms with Crippen molar-refractivity contribution in [1.82, 2.24) is 9.88 Å². The third-order valence-electron chi connectivity index (χ3n) is 2.98. The minimum absolute atomic E-state index is 0.0584. The number of aliphatic carboxylic acids is 1. The van der Waals surface area contributed by atoms with Gasteiger partial charge < -0.3 is 14.7 Å². The zero-order chi connectivity index (χ0) is 13.7. The summed E-state index contributed by atoms with van der Waals surface area (Å²) in [6.07, 6.45) is 2.92. The monoisotopic (exact) mass is 264 g/mol. The fourth-order valence-electron chi connectivity index (χ4n) is 2.02. The van der Waals surface area contributed by atoms with E-state index in [4.69, 9.17) is 9.84 Å². The Bertz CT molecular complexity index is 449. The first-order valence-electron chi connectivity index (χ1n) is 6.18. The molecule has 1 atom stereocenters. The molecule has 1 aromatic heterocycles. The normalized spacial score (nSPS) is 19.5. The minimum Gasteiger partial charge on any atom is -0.481 e. The van der Waals surface area contributed by atoms with Gasteiger partial charge in [-0.2, -0.15) is 0 Å². The molecule has 1 N–H and O–H groups in total. The van der Waals surface area contributed by atoms with Crippen LogP contribution in [-0.2, 0) is 20.9 Å². The summed E-state index contributed by atoms with van der Waals surface area (Å²) in [6, 6.07) is 3.73. The summed E-state index contributed by atoms with van der Waals surface area (Å²) in [5, 5.41) is 8.64. The smallest absolute Gasteiger partial charge is 0.303 e. The van der Waals surface area contributed by atoms with Gasteiger partial charge in [-0.25, -0.2) is 0 Å². The molecule has 1 saturated heterocycles. The maximum Gasteiger partial charge on any atom is 0.303 e. The maximum atomic E-state index is 12.1. The number of aromatic nitrogens is 1. The molecule has 2 heterocycles. The van der Waals surface area contributed by atoms with Crippen LogP contribution in [0, 0.1) is 0 Å². The number of rotatable bonds is 5. The van der Waals surface area contributed by atoms with Gasteiger partial charge in [0.25, 0.3) is 5.91 Å². The highest BCUT2D eigenvalue weighted by atomic mass is 16.5. The van der Waals surface area contributed by atoms with Crippen LogP contribution in [-0.4, -0.2) is 46.1 Å². The van der Waals surface area contributed by atoms with Gasteiger partial charge in [0.2, 0.25) is 0 Å². The molecule has 1 aliphatic heterocycles. The average Bonchev–Trinajstić information content (AvgIpc) is 2.41. The average molecular weight is 264 g/mol. The van der Waals surface area contributed by atoms with E-state index in [1.807, 2.05) is 12.1 Å². The van der Waals surface area contributed by atoms with Crippen LogP contribution in [0.2, 0.25) is 0 Å². The lowest BCUT2D eigenvalue weighted by molar-refractivity contribution is -0.155. The van der Waals surface area contributed by atoms with Crippen LogP contribution in [0.15, 0.2) is 24.5 Å². The summed E-state index contributed by atoms with van der Waals surface area (Å²) in [4.78, 5) is 28.4. The molecule has 1 aliphatic rings. The number of carbonyl (C=O) groups excluding carboxylic acids is 1. The van der Waals surface area contributed by atoms with Crippen molar-refractivity contribution in [2.24, 2.45) is 0 Å². The number of carboxylic acid groups (broad SMARTS) is 1. The van der Waals surface area contributed by atoms with Crippen LogP contribution in [0.3, 0.4) is 0 Å². The summed E-state index contributed by atoms with van der Waals surface area (Å²) in [5.74, 6) is -1.06. The molecule has 1 fully saturated rings. The molecule has 0 saturated carbocycles. The van der Waals surface area contributed by atoms with Gasteiger partial charge in [0.15, 0.2) is 0 Å². The Morgan fingerprint density at radius 2 is 2.42 bits per heavy atom. The van der Waals surface area contributed by atoms with Crippen LogP contribution in [0.5, 0.6) is 0 Å². The van der Waals surface area contributed by atoms with Crippen molar-refractivity contribution in [1.29, 1.82) is 0 Å². The van der Waals surface area contributed by atoms with E-state index in [-0.39, 0.29) is 18.7 Å². The van der Waals surface area contributed by atoms with Crippen molar-refractivity contribution < 1.29 is 19.4 Å². The first-order valence-corrected chi connectivity index (χ1v) is 6.18. The van der Waals surface area contributed by atoms with E-state index in [9.17, 15) is 9.59 Å². The second kappa shape index (κ2) is 6.29. The molecule has 2 rings (SSSR count). The van der Waals surface area contributed by atoms with Crippen LogP contribution in [0.1, 0.15) is 18.4 Å². The van der Waals surface area contributed by atoms with Gasteiger partial charge in [-0.3, -0.25) is 14.6 Å². The van der Waals surface area contributed by atoms with Gasteiger partial charge in [0.05, 0.1) is 6.61 Å². The lowest BCUT2D eigenvalue weighted by atomic mass is 10.1. The molecular weight excluding hydrogens is 248 g/mol. The molecule has 0 spiro atoms. The fraction of sp³-hybridized carbons (Fsp3) is 0.462. The highest BCUT2D eigenvalue weighted by Crippen LogP contribution is 2.15. The Balaban J connectivity index is 1.94. The minimum atomic E-state index is -0.916. The highest BCUT2D eigenvalue weighted by Gasteiger charge is 2.29. The molecule has 0 radical (unpaired) electrons. The summed E-state index contributed by atoms with van der Waals surface area (Å²) in [5.41, 5.74) is 0.953. The first kappa shape index (κ1) is 13.5. The van der Waals surface area contributed by atoms with Crippen LogP contribution in [0.4, 0.5) is 0 Å². The fourth-order valence-corrected chi connectivity index (χ4v) is 2.02. The third kappa shape index (κ3) is 3.75. The Labute approximate surface area is 111 Å². The molecule has 1 aromatic rings. The Morgan fingerprint density at radius 3 is 3.11 bits per heavy atom. The van der Waals surface area contributed by atoms with Crippen LogP contribution < -0.4 is 0 Å². The van der Waals surface area contributed by atoms with Crippen molar-refractivity contribution >= 4 is 11.9 Å². The number of pyridine rings is 1. The van der Waals surface area contributed by atoms with E-state index < -0.39 is 12.1 Å². The number of carboxylic acids is 1. The quantitative estimate of drug-likeness (QED) is 0.845. The zero-order valence-corrected chi connectivity index (χ0v) is 10.5. The number of ether oxygens (including phenoxy) is 1. The number of hydrogen-bond acceptors (Lipinski definition) is 4.